The molecule has 0 heterocycles. The van der Waals surface area contributed by atoms with E-state index in [-0.39, 0.29) is 6.54 Å². The maximum absolute atomic E-state index is 10.7. The van der Waals surface area contributed by atoms with Gasteiger partial charge in [-0.1, -0.05) is 0 Å². The van der Waals surface area contributed by atoms with E-state index in [0.29, 0.717) is 5.56 Å². The molecule has 0 aliphatic heterocycles. The number of hydrogen-bond donors (Lipinski definition) is 4. The molecule has 0 fully saturated rings. The first-order valence-electron chi connectivity index (χ1n) is 4.10. The number of alkyl carbamates (subject to hydrolysis) is 1. The molecule has 0 radical (unpaired) electrons. The lowest BCUT2D eigenvalue weighted by atomic mass is 10.2. The summed E-state index contributed by atoms with van der Waals surface area (Å²) in [6, 6.07) is 2.45. The molecule has 82 valence electrons. The summed E-state index contributed by atoms with van der Waals surface area (Å²) in [5, 5.41) is 29.7. The van der Waals surface area contributed by atoms with Crippen molar-refractivity contribution in [2.45, 2.75) is 6.54 Å². The van der Waals surface area contributed by atoms with Crippen LogP contribution in [0, 0.1) is 0 Å². The fourth-order valence-electron chi connectivity index (χ4n) is 1.01. The third-order valence-electron chi connectivity index (χ3n) is 1.75. The van der Waals surface area contributed by atoms with Gasteiger partial charge in [-0.25, -0.2) is 4.79 Å². The largest absolute Gasteiger partial charge is 0.504 e. The minimum atomic E-state index is -0.623. The third-order valence-corrected chi connectivity index (χ3v) is 1.75. The van der Waals surface area contributed by atoms with Gasteiger partial charge in [0, 0.05) is 6.54 Å². The van der Waals surface area contributed by atoms with Crippen molar-refractivity contribution in [2.75, 3.05) is 7.11 Å². The number of carbonyl (C=O) groups is 1. The van der Waals surface area contributed by atoms with E-state index >= 15 is 0 Å². The van der Waals surface area contributed by atoms with E-state index in [2.05, 4.69) is 10.1 Å². The average molecular weight is 213 g/mol. The molecule has 0 aliphatic carbocycles. The summed E-state index contributed by atoms with van der Waals surface area (Å²) in [5.41, 5.74) is 0.438. The highest BCUT2D eigenvalue weighted by atomic mass is 16.5. The lowest BCUT2D eigenvalue weighted by Crippen LogP contribution is -2.22. The van der Waals surface area contributed by atoms with Gasteiger partial charge < -0.3 is 25.4 Å². The van der Waals surface area contributed by atoms with E-state index in [4.69, 9.17) is 15.3 Å². The van der Waals surface area contributed by atoms with Crippen molar-refractivity contribution < 1.29 is 24.9 Å². The Morgan fingerprint density at radius 1 is 1.33 bits per heavy atom. The number of phenols is 3. The zero-order valence-electron chi connectivity index (χ0n) is 8.02. The molecule has 4 N–H and O–H groups in total. The molecule has 0 spiro atoms. The number of rotatable bonds is 2. The molecule has 0 saturated heterocycles. The molecule has 1 amide bonds. The minimum absolute atomic E-state index is 0.0775. The summed E-state index contributed by atoms with van der Waals surface area (Å²) in [4.78, 5) is 10.7. The molecule has 0 aromatic heterocycles. The second-order valence-electron chi connectivity index (χ2n) is 2.83. The number of amides is 1. The van der Waals surface area contributed by atoms with Gasteiger partial charge >= 0.3 is 6.09 Å². The Kier molecular flexibility index (Phi) is 3.22. The van der Waals surface area contributed by atoms with Gasteiger partial charge in [-0.3, -0.25) is 0 Å². The summed E-state index contributed by atoms with van der Waals surface area (Å²) in [6.07, 6.45) is -0.623. The number of carbonyl (C=O) groups excluding carboxylic acids is 1. The lowest BCUT2D eigenvalue weighted by molar-refractivity contribution is 0.170. The van der Waals surface area contributed by atoms with E-state index < -0.39 is 23.3 Å². The molecule has 15 heavy (non-hydrogen) atoms. The lowest BCUT2D eigenvalue weighted by Gasteiger charge is -2.06. The Hall–Kier alpha value is -2.11. The maximum atomic E-state index is 10.7. The summed E-state index contributed by atoms with van der Waals surface area (Å²) < 4.78 is 4.33. The molecular weight excluding hydrogens is 202 g/mol. The molecule has 0 aliphatic rings. The van der Waals surface area contributed by atoms with E-state index in [1.165, 1.54) is 19.2 Å². The van der Waals surface area contributed by atoms with Crippen molar-refractivity contribution in [3.63, 3.8) is 0 Å². The molecule has 0 unspecified atom stereocenters. The van der Waals surface area contributed by atoms with Crippen molar-refractivity contribution in [1.29, 1.82) is 0 Å². The van der Waals surface area contributed by atoms with Gasteiger partial charge in [0.05, 0.1) is 7.11 Å². The van der Waals surface area contributed by atoms with E-state index in [9.17, 15) is 4.79 Å². The van der Waals surface area contributed by atoms with E-state index in [0.717, 1.165) is 0 Å². The normalized spacial score (nSPS) is 9.67. The highest BCUT2D eigenvalue weighted by Gasteiger charge is 2.08. The zero-order valence-corrected chi connectivity index (χ0v) is 8.02. The monoisotopic (exact) mass is 213 g/mol. The SMILES string of the molecule is COC(=O)NCc1cc(O)c(O)c(O)c1. The van der Waals surface area contributed by atoms with Crippen molar-refractivity contribution in [1.82, 2.24) is 5.32 Å². The van der Waals surface area contributed by atoms with Gasteiger partial charge in [-0.05, 0) is 17.7 Å². The third kappa shape index (κ3) is 2.67. The first kappa shape index (κ1) is 11.0. The second-order valence-corrected chi connectivity index (χ2v) is 2.83. The Labute approximate surface area is 85.7 Å². The van der Waals surface area contributed by atoms with Crippen LogP contribution in [0.2, 0.25) is 0 Å². The average Bonchev–Trinajstić information content (AvgIpc) is 2.22. The fraction of sp³-hybridized carbons (Fsp3) is 0.222. The van der Waals surface area contributed by atoms with Gasteiger partial charge in [-0.2, -0.15) is 0 Å². The molecule has 0 atom stereocenters. The van der Waals surface area contributed by atoms with Crippen LogP contribution in [0.5, 0.6) is 17.2 Å². The number of methoxy groups -OCH3 is 1. The minimum Gasteiger partial charge on any atom is -0.504 e. The van der Waals surface area contributed by atoms with Crippen LogP contribution in [-0.2, 0) is 11.3 Å². The van der Waals surface area contributed by atoms with Gasteiger partial charge in [0.1, 0.15) is 0 Å². The Bertz CT molecular complexity index is 354. The van der Waals surface area contributed by atoms with Crippen LogP contribution < -0.4 is 5.32 Å². The second kappa shape index (κ2) is 4.41. The summed E-state index contributed by atoms with van der Waals surface area (Å²) in [5.74, 6) is -1.48. The van der Waals surface area contributed by atoms with E-state index in [1.54, 1.807) is 0 Å². The van der Waals surface area contributed by atoms with Crippen LogP contribution >= 0.6 is 0 Å². The number of aromatic hydroxyl groups is 3. The number of phenolic OH excluding ortho intramolecular Hbond substituents is 3. The zero-order chi connectivity index (χ0) is 11.4. The number of ether oxygens (including phenoxy) is 1. The first-order valence-corrected chi connectivity index (χ1v) is 4.10. The Morgan fingerprint density at radius 3 is 2.33 bits per heavy atom. The number of benzene rings is 1. The predicted molar refractivity (Wildman–Crippen MR) is 50.7 cm³/mol. The van der Waals surface area contributed by atoms with Crippen LogP contribution in [-0.4, -0.2) is 28.5 Å². The summed E-state index contributed by atoms with van der Waals surface area (Å²) in [7, 11) is 1.22. The van der Waals surface area contributed by atoms with Gasteiger partial charge in [0.15, 0.2) is 17.2 Å². The van der Waals surface area contributed by atoms with Gasteiger partial charge in [-0.15, -0.1) is 0 Å². The smallest absolute Gasteiger partial charge is 0.407 e. The van der Waals surface area contributed by atoms with Crippen molar-refractivity contribution in [3.05, 3.63) is 17.7 Å². The molecule has 6 heteroatoms. The van der Waals surface area contributed by atoms with Crippen molar-refractivity contribution in [2.24, 2.45) is 0 Å². The topological polar surface area (TPSA) is 99.0 Å². The Balaban J connectivity index is 2.75. The van der Waals surface area contributed by atoms with Crippen LogP contribution in [0.4, 0.5) is 4.79 Å². The van der Waals surface area contributed by atoms with Gasteiger partial charge in [0.2, 0.25) is 0 Å². The summed E-state index contributed by atoms with van der Waals surface area (Å²) in [6.45, 7) is 0.0775. The van der Waals surface area contributed by atoms with Crippen LogP contribution in [0.25, 0.3) is 0 Å². The molecular formula is C9H11NO5. The quantitative estimate of drug-likeness (QED) is 0.541. The summed E-state index contributed by atoms with van der Waals surface area (Å²) >= 11 is 0. The molecule has 1 aromatic carbocycles. The molecule has 1 aromatic rings. The van der Waals surface area contributed by atoms with Crippen molar-refractivity contribution in [3.8, 4) is 17.2 Å². The van der Waals surface area contributed by atoms with Crippen molar-refractivity contribution >= 4 is 6.09 Å². The van der Waals surface area contributed by atoms with Crippen LogP contribution in [0.1, 0.15) is 5.56 Å². The molecule has 6 nitrogen and oxygen atoms in total. The molecule has 0 bridgehead atoms. The van der Waals surface area contributed by atoms with Crippen LogP contribution in [0.15, 0.2) is 12.1 Å². The Morgan fingerprint density at radius 2 is 1.87 bits per heavy atom. The molecule has 1 rings (SSSR count). The first-order chi connectivity index (χ1) is 7.04. The maximum Gasteiger partial charge on any atom is 0.407 e. The highest BCUT2D eigenvalue weighted by molar-refractivity contribution is 5.67. The van der Waals surface area contributed by atoms with Gasteiger partial charge in [0.25, 0.3) is 0 Å². The predicted octanol–water partition coefficient (Wildman–Crippen LogP) is 0.659. The molecule has 0 saturated carbocycles. The number of hydrogen-bond acceptors (Lipinski definition) is 5. The number of nitrogens with one attached hydrogen (secondary N) is 1. The van der Waals surface area contributed by atoms with Crippen LogP contribution in [0.3, 0.4) is 0 Å². The fourth-order valence-corrected chi connectivity index (χ4v) is 1.01. The highest BCUT2D eigenvalue weighted by Crippen LogP contribution is 2.35. The standard InChI is InChI=1S/C9H11NO5/c1-15-9(14)10-4-5-2-6(11)8(13)7(12)3-5/h2-3,11-13H,4H2,1H3,(H,10,14). The van der Waals surface area contributed by atoms with E-state index in [1.807, 2.05) is 0 Å².